The molecular formula is C20H30INO2. The number of hydrogen-bond donors (Lipinski definition) is 1. The van der Waals surface area contributed by atoms with Gasteiger partial charge in [-0.15, -0.1) is 0 Å². The molecule has 1 aromatic carbocycles. The second-order valence-corrected chi connectivity index (χ2v) is 8.24. The molecule has 0 bridgehead atoms. The van der Waals surface area contributed by atoms with Crippen LogP contribution < -0.4 is 24.0 Å². The van der Waals surface area contributed by atoms with E-state index in [1.807, 2.05) is 30.3 Å². The predicted molar refractivity (Wildman–Crippen MR) is 91.9 cm³/mol. The Hall–Kier alpha value is -0.460. The molecule has 1 N–H and O–H groups in total. The Bertz CT molecular complexity index is 554. The molecule has 3 rings (SSSR count). The summed E-state index contributed by atoms with van der Waals surface area (Å²) in [7, 11) is 4.45. The van der Waals surface area contributed by atoms with Crippen molar-refractivity contribution in [3.05, 3.63) is 35.9 Å². The van der Waals surface area contributed by atoms with Crippen molar-refractivity contribution in [2.24, 2.45) is 11.8 Å². The number of nitrogens with zero attached hydrogens (tertiary/aromatic N) is 1. The van der Waals surface area contributed by atoms with Crippen molar-refractivity contribution in [3.63, 3.8) is 0 Å². The van der Waals surface area contributed by atoms with Gasteiger partial charge >= 0.3 is 0 Å². The zero-order chi connectivity index (χ0) is 16.5. The largest absolute Gasteiger partial charge is 1.00 e. The van der Waals surface area contributed by atoms with E-state index in [-0.39, 0.29) is 35.7 Å². The topological polar surface area (TPSA) is 37.3 Å². The Morgan fingerprint density at radius 1 is 1.17 bits per heavy atom. The summed E-state index contributed by atoms with van der Waals surface area (Å²) in [5.41, 5.74) is -0.485. The number of quaternary nitrogens is 1. The Morgan fingerprint density at radius 2 is 1.79 bits per heavy atom. The fraction of sp³-hybridized carbons (Fsp3) is 0.650. The first kappa shape index (κ1) is 19.9. The van der Waals surface area contributed by atoms with E-state index < -0.39 is 5.60 Å². The number of carbonyl (C=O) groups is 1. The minimum atomic E-state index is -1.28. The summed E-state index contributed by atoms with van der Waals surface area (Å²) in [6.45, 7) is 2.17. The fourth-order valence-electron chi connectivity index (χ4n) is 4.66. The molecule has 0 amide bonds. The number of aliphatic hydroxyl groups is 1. The third kappa shape index (κ3) is 4.02. The van der Waals surface area contributed by atoms with Gasteiger partial charge in [-0.05, 0) is 24.3 Å². The quantitative estimate of drug-likeness (QED) is 0.519. The number of hydrogen-bond acceptors (Lipinski definition) is 2. The lowest BCUT2D eigenvalue weighted by atomic mass is 9.75. The highest BCUT2D eigenvalue weighted by molar-refractivity contribution is 5.89. The van der Waals surface area contributed by atoms with Gasteiger partial charge in [0.15, 0.2) is 11.4 Å². The Kier molecular flexibility index (Phi) is 6.48. The van der Waals surface area contributed by atoms with Crippen molar-refractivity contribution < 1.29 is 38.4 Å². The van der Waals surface area contributed by atoms with Crippen molar-refractivity contribution in [3.8, 4) is 0 Å². The van der Waals surface area contributed by atoms with E-state index in [1.165, 1.54) is 0 Å². The maximum atomic E-state index is 13.2. The highest BCUT2D eigenvalue weighted by Crippen LogP contribution is 2.42. The molecule has 1 aliphatic heterocycles. The zero-order valence-electron chi connectivity index (χ0n) is 14.9. The number of carbonyl (C=O) groups excluding carboxylic acids is 1. The molecule has 24 heavy (non-hydrogen) atoms. The van der Waals surface area contributed by atoms with Gasteiger partial charge in [-0.3, -0.25) is 4.79 Å². The third-order valence-corrected chi connectivity index (χ3v) is 5.95. The third-order valence-electron chi connectivity index (χ3n) is 5.95. The van der Waals surface area contributed by atoms with E-state index in [2.05, 4.69) is 14.1 Å². The molecular weight excluding hydrogens is 413 g/mol. The molecule has 1 saturated carbocycles. The van der Waals surface area contributed by atoms with E-state index in [4.69, 9.17) is 0 Å². The van der Waals surface area contributed by atoms with Crippen LogP contribution in [0, 0.1) is 11.8 Å². The number of halogens is 1. The van der Waals surface area contributed by atoms with Crippen LogP contribution in [0.5, 0.6) is 0 Å². The van der Waals surface area contributed by atoms with Gasteiger partial charge in [-0.2, -0.15) is 0 Å². The molecule has 4 heteroatoms. The molecule has 0 unspecified atom stereocenters. The lowest BCUT2D eigenvalue weighted by Gasteiger charge is -2.34. The van der Waals surface area contributed by atoms with Crippen LogP contribution in [-0.4, -0.2) is 42.6 Å². The fourth-order valence-corrected chi connectivity index (χ4v) is 4.66. The number of Topliss-reactive ketones (excluding diaryl/α,β-unsaturated/α-hetero) is 1. The normalized spacial score (nSPS) is 25.9. The lowest BCUT2D eigenvalue weighted by molar-refractivity contribution is -0.879. The Balaban J connectivity index is 0.00000208. The average molecular weight is 443 g/mol. The standard InChI is InChI=1S/C20H30NO2.HI/c1-21(2)13-12-16(15-21)14-19(22)20(23,18-10-6-7-11-18)17-8-4-3-5-9-17;/h3-5,8-9,16,18,23H,6-7,10-15H2,1-2H3;1H/q+1;/p-1/t16-,20-;/m1./s1. The Labute approximate surface area is 163 Å². The second-order valence-electron chi connectivity index (χ2n) is 8.24. The van der Waals surface area contributed by atoms with Gasteiger partial charge in [-0.25, -0.2) is 0 Å². The summed E-state index contributed by atoms with van der Waals surface area (Å²) in [4.78, 5) is 13.2. The molecule has 2 aliphatic rings. The molecule has 0 radical (unpaired) electrons. The van der Waals surface area contributed by atoms with Crippen LogP contribution in [0.15, 0.2) is 30.3 Å². The average Bonchev–Trinajstić information content (AvgIpc) is 3.17. The zero-order valence-corrected chi connectivity index (χ0v) is 17.0. The minimum absolute atomic E-state index is 0. The van der Waals surface area contributed by atoms with Gasteiger partial charge in [-0.1, -0.05) is 43.2 Å². The van der Waals surface area contributed by atoms with Crippen molar-refractivity contribution >= 4 is 5.78 Å². The van der Waals surface area contributed by atoms with E-state index in [9.17, 15) is 9.90 Å². The Morgan fingerprint density at radius 3 is 2.33 bits per heavy atom. The second kappa shape index (κ2) is 7.83. The van der Waals surface area contributed by atoms with E-state index in [0.29, 0.717) is 12.3 Å². The van der Waals surface area contributed by atoms with E-state index >= 15 is 0 Å². The first-order valence-corrected chi connectivity index (χ1v) is 9.05. The van der Waals surface area contributed by atoms with Gasteiger partial charge < -0.3 is 33.6 Å². The maximum absolute atomic E-state index is 13.2. The summed E-state index contributed by atoms with van der Waals surface area (Å²) < 4.78 is 0.991. The number of benzene rings is 1. The summed E-state index contributed by atoms with van der Waals surface area (Å²) in [6, 6.07) is 9.64. The van der Waals surface area contributed by atoms with Crippen molar-refractivity contribution in [1.82, 2.24) is 0 Å². The smallest absolute Gasteiger partial charge is 0.169 e. The minimum Gasteiger partial charge on any atom is -1.00 e. The molecule has 0 spiro atoms. The van der Waals surface area contributed by atoms with Gasteiger partial charge in [0.25, 0.3) is 0 Å². The molecule has 2 atom stereocenters. The van der Waals surface area contributed by atoms with Gasteiger partial charge in [0.05, 0.1) is 27.2 Å². The highest BCUT2D eigenvalue weighted by atomic mass is 127. The molecule has 1 saturated heterocycles. The van der Waals surface area contributed by atoms with Gasteiger partial charge in [0.2, 0.25) is 0 Å². The summed E-state index contributed by atoms with van der Waals surface area (Å²) in [5, 5.41) is 11.5. The molecule has 1 aliphatic carbocycles. The van der Waals surface area contributed by atoms with Crippen LogP contribution in [-0.2, 0) is 10.4 Å². The van der Waals surface area contributed by atoms with Crippen LogP contribution >= 0.6 is 0 Å². The molecule has 1 heterocycles. The highest BCUT2D eigenvalue weighted by Gasteiger charge is 2.47. The van der Waals surface area contributed by atoms with Crippen LogP contribution in [0.4, 0.5) is 0 Å². The van der Waals surface area contributed by atoms with Gasteiger partial charge in [0, 0.05) is 18.8 Å². The number of likely N-dealkylation sites (tertiary alicyclic amines) is 1. The first-order valence-electron chi connectivity index (χ1n) is 9.05. The monoisotopic (exact) mass is 443 g/mol. The first-order chi connectivity index (χ1) is 10.9. The molecule has 0 aromatic heterocycles. The summed E-state index contributed by atoms with van der Waals surface area (Å²) in [5.74, 6) is 0.540. The maximum Gasteiger partial charge on any atom is 0.169 e. The predicted octanol–water partition coefficient (Wildman–Crippen LogP) is 0.124. The SMILES string of the molecule is C[N+]1(C)CC[C@H](CC(=O)[C@@](O)(c2ccccc2)C2CCCC2)C1.[I-]. The molecule has 2 fully saturated rings. The van der Waals surface area contributed by atoms with Crippen molar-refractivity contribution in [1.29, 1.82) is 0 Å². The number of ketones is 1. The lowest BCUT2D eigenvalue weighted by Crippen LogP contribution is -3.00. The summed E-state index contributed by atoms with van der Waals surface area (Å²) >= 11 is 0. The molecule has 134 valence electrons. The van der Waals surface area contributed by atoms with Gasteiger partial charge in [0.1, 0.15) is 0 Å². The molecule has 1 aromatic rings. The van der Waals surface area contributed by atoms with Crippen molar-refractivity contribution in [2.45, 2.75) is 44.1 Å². The van der Waals surface area contributed by atoms with Crippen LogP contribution in [0.25, 0.3) is 0 Å². The van der Waals surface area contributed by atoms with Crippen LogP contribution in [0.2, 0.25) is 0 Å². The van der Waals surface area contributed by atoms with Crippen LogP contribution in [0.1, 0.15) is 44.1 Å². The van der Waals surface area contributed by atoms with E-state index in [1.54, 1.807) is 0 Å². The van der Waals surface area contributed by atoms with Crippen LogP contribution in [0.3, 0.4) is 0 Å². The number of rotatable bonds is 5. The molecule has 3 nitrogen and oxygen atoms in total. The summed E-state index contributed by atoms with van der Waals surface area (Å²) in [6.07, 6.45) is 5.78. The van der Waals surface area contributed by atoms with E-state index in [0.717, 1.165) is 55.2 Å². The van der Waals surface area contributed by atoms with Crippen molar-refractivity contribution in [2.75, 3.05) is 27.2 Å².